The molecule has 0 fully saturated rings. The fraction of sp³-hybridized carbons (Fsp3) is 0.727. The molecule has 0 atom stereocenters. The summed E-state index contributed by atoms with van der Waals surface area (Å²) in [6.45, 7) is 2.93. The molecule has 1 heterocycles. The monoisotopic (exact) mass is 281 g/mol. The Morgan fingerprint density at radius 1 is 1.44 bits per heavy atom. The second kappa shape index (κ2) is 6.45. The first-order valence-electron chi connectivity index (χ1n) is 5.88. The second-order valence-electron chi connectivity index (χ2n) is 3.99. The summed E-state index contributed by atoms with van der Waals surface area (Å²) in [6.07, 6.45) is 0.700. The summed E-state index contributed by atoms with van der Waals surface area (Å²) in [5, 5.41) is 15.9. The first-order valence-corrected chi connectivity index (χ1v) is 6.26. The number of halogens is 3. The Morgan fingerprint density at radius 3 is 2.61 bits per heavy atom. The number of alkyl halides is 2. The van der Waals surface area contributed by atoms with Gasteiger partial charge in [-0.1, -0.05) is 18.5 Å². The number of rotatable bonds is 7. The molecule has 0 aliphatic heterocycles. The van der Waals surface area contributed by atoms with Crippen molar-refractivity contribution < 1.29 is 13.9 Å². The van der Waals surface area contributed by atoms with Crippen molar-refractivity contribution in [3.05, 3.63) is 16.4 Å². The van der Waals surface area contributed by atoms with E-state index in [-0.39, 0.29) is 6.54 Å². The van der Waals surface area contributed by atoms with Crippen LogP contribution >= 0.6 is 11.6 Å². The van der Waals surface area contributed by atoms with Gasteiger partial charge in [0.15, 0.2) is 0 Å². The largest absolute Gasteiger partial charge is 0.390 e. The Morgan fingerprint density at radius 2 is 2.11 bits per heavy atom. The van der Waals surface area contributed by atoms with Crippen molar-refractivity contribution >= 4 is 11.6 Å². The van der Waals surface area contributed by atoms with Crippen molar-refractivity contribution in [2.45, 2.75) is 39.3 Å². The molecule has 0 spiro atoms. The maximum Gasteiger partial charge on any atom is 0.282 e. The summed E-state index contributed by atoms with van der Waals surface area (Å²) in [5.74, 6) is -3.11. The molecule has 0 aromatic carbocycles. The van der Waals surface area contributed by atoms with Crippen LogP contribution in [0.5, 0.6) is 0 Å². The molecule has 4 nitrogen and oxygen atoms in total. The molecule has 0 unspecified atom stereocenters. The van der Waals surface area contributed by atoms with Crippen LogP contribution in [0.4, 0.5) is 8.78 Å². The van der Waals surface area contributed by atoms with Gasteiger partial charge >= 0.3 is 0 Å². The Balaban J connectivity index is 2.69. The minimum atomic E-state index is -3.11. The molecule has 0 aliphatic carbocycles. The maximum atomic E-state index is 12.8. The second-order valence-corrected chi connectivity index (χ2v) is 4.37. The van der Waals surface area contributed by atoms with Crippen LogP contribution in [0.1, 0.15) is 25.2 Å². The number of aromatic nitrogens is 2. The average Bonchev–Trinajstić information content (AvgIpc) is 2.66. The van der Waals surface area contributed by atoms with Crippen LogP contribution in [0.3, 0.4) is 0 Å². The topological polar surface area (TPSA) is 50.1 Å². The summed E-state index contributed by atoms with van der Waals surface area (Å²) in [7, 11) is 0. The minimum Gasteiger partial charge on any atom is -0.390 e. The standard InChI is InChI=1S/C11H18ClF2N3O/c1-3-8-10(12)9(17(4-2)16-8)5-15-6-11(13,14)7-18/h15,18H,3-7H2,1-2H3. The van der Waals surface area contributed by atoms with Crippen LogP contribution < -0.4 is 5.32 Å². The fourth-order valence-corrected chi connectivity index (χ4v) is 1.94. The first-order chi connectivity index (χ1) is 8.45. The third-order valence-electron chi connectivity index (χ3n) is 2.60. The third-order valence-corrected chi connectivity index (χ3v) is 3.04. The zero-order chi connectivity index (χ0) is 13.8. The lowest BCUT2D eigenvalue weighted by molar-refractivity contribution is -0.0478. The van der Waals surface area contributed by atoms with Crippen LogP contribution in [-0.4, -0.2) is 34.0 Å². The number of nitrogens with one attached hydrogen (secondary N) is 1. The lowest BCUT2D eigenvalue weighted by Gasteiger charge is -2.14. The van der Waals surface area contributed by atoms with Gasteiger partial charge in [-0.25, -0.2) is 8.78 Å². The number of aliphatic hydroxyl groups excluding tert-OH is 1. The van der Waals surface area contributed by atoms with Crippen molar-refractivity contribution in [2.75, 3.05) is 13.2 Å². The Labute approximate surface area is 110 Å². The van der Waals surface area contributed by atoms with Crippen molar-refractivity contribution in [2.24, 2.45) is 0 Å². The van der Waals surface area contributed by atoms with E-state index >= 15 is 0 Å². The van der Waals surface area contributed by atoms with Crippen LogP contribution in [-0.2, 0) is 19.5 Å². The van der Waals surface area contributed by atoms with Gasteiger partial charge in [0.2, 0.25) is 0 Å². The van der Waals surface area contributed by atoms with Crippen molar-refractivity contribution in [1.82, 2.24) is 15.1 Å². The molecule has 0 aliphatic rings. The molecular formula is C11H18ClF2N3O. The zero-order valence-electron chi connectivity index (χ0n) is 10.5. The van der Waals surface area contributed by atoms with E-state index in [0.717, 1.165) is 5.69 Å². The van der Waals surface area contributed by atoms with Gasteiger partial charge in [-0.05, 0) is 13.3 Å². The molecule has 0 saturated carbocycles. The smallest absolute Gasteiger partial charge is 0.282 e. The van der Waals surface area contributed by atoms with E-state index in [1.807, 2.05) is 13.8 Å². The maximum absolute atomic E-state index is 12.8. The normalized spacial score (nSPS) is 12.1. The summed E-state index contributed by atoms with van der Waals surface area (Å²) >= 11 is 6.13. The van der Waals surface area contributed by atoms with E-state index in [0.29, 0.717) is 23.7 Å². The molecule has 1 aromatic rings. The number of nitrogens with zero attached hydrogens (tertiary/aromatic N) is 2. The molecule has 1 aromatic heterocycles. The SMILES string of the molecule is CCc1nn(CC)c(CNCC(F)(F)CO)c1Cl. The predicted molar refractivity (Wildman–Crippen MR) is 66.0 cm³/mol. The van der Waals surface area contributed by atoms with Gasteiger partial charge in [0.25, 0.3) is 5.92 Å². The highest BCUT2D eigenvalue weighted by molar-refractivity contribution is 6.31. The van der Waals surface area contributed by atoms with Crippen molar-refractivity contribution in [3.63, 3.8) is 0 Å². The predicted octanol–water partition coefficient (Wildman–Crippen LogP) is 1.84. The summed E-state index contributed by atoms with van der Waals surface area (Å²) < 4.78 is 27.4. The quantitative estimate of drug-likeness (QED) is 0.802. The zero-order valence-corrected chi connectivity index (χ0v) is 11.3. The number of hydrogen-bond donors (Lipinski definition) is 2. The number of aliphatic hydroxyl groups is 1. The van der Waals surface area contributed by atoms with E-state index < -0.39 is 19.1 Å². The molecular weight excluding hydrogens is 264 g/mol. The highest BCUT2D eigenvalue weighted by Gasteiger charge is 2.27. The fourth-order valence-electron chi connectivity index (χ4n) is 1.61. The molecule has 18 heavy (non-hydrogen) atoms. The molecule has 104 valence electrons. The van der Waals surface area contributed by atoms with E-state index in [9.17, 15) is 8.78 Å². The van der Waals surface area contributed by atoms with E-state index in [4.69, 9.17) is 16.7 Å². The molecule has 0 saturated heterocycles. The lowest BCUT2D eigenvalue weighted by Crippen LogP contribution is -2.35. The third kappa shape index (κ3) is 3.63. The number of aryl methyl sites for hydroxylation is 2. The van der Waals surface area contributed by atoms with Crippen molar-refractivity contribution in [1.29, 1.82) is 0 Å². The van der Waals surface area contributed by atoms with Crippen LogP contribution in [0.25, 0.3) is 0 Å². The molecule has 2 N–H and O–H groups in total. The van der Waals surface area contributed by atoms with Crippen molar-refractivity contribution in [3.8, 4) is 0 Å². The molecule has 0 bridgehead atoms. The minimum absolute atomic E-state index is 0.204. The Kier molecular flexibility index (Phi) is 5.49. The van der Waals surface area contributed by atoms with Crippen LogP contribution in [0.15, 0.2) is 0 Å². The highest BCUT2D eigenvalue weighted by Crippen LogP contribution is 2.21. The molecule has 1 rings (SSSR count). The van der Waals surface area contributed by atoms with E-state index in [1.165, 1.54) is 0 Å². The first kappa shape index (κ1) is 15.3. The molecule has 7 heteroatoms. The van der Waals surface area contributed by atoms with Gasteiger partial charge in [-0.15, -0.1) is 0 Å². The van der Waals surface area contributed by atoms with Gasteiger partial charge in [0.05, 0.1) is 23.0 Å². The van der Waals surface area contributed by atoms with E-state index in [2.05, 4.69) is 10.4 Å². The Bertz CT molecular complexity index is 396. The summed E-state index contributed by atoms with van der Waals surface area (Å²) in [5.41, 5.74) is 1.47. The lowest BCUT2D eigenvalue weighted by atomic mass is 10.3. The van der Waals surface area contributed by atoms with Gasteiger partial charge < -0.3 is 10.4 Å². The van der Waals surface area contributed by atoms with Crippen LogP contribution in [0, 0.1) is 0 Å². The molecule has 0 amide bonds. The Hall–Kier alpha value is -0.720. The van der Waals surface area contributed by atoms with E-state index in [1.54, 1.807) is 4.68 Å². The van der Waals surface area contributed by atoms with Gasteiger partial charge in [-0.2, -0.15) is 5.10 Å². The average molecular weight is 282 g/mol. The highest BCUT2D eigenvalue weighted by atomic mass is 35.5. The number of hydrogen-bond acceptors (Lipinski definition) is 3. The summed E-state index contributed by atoms with van der Waals surface area (Å²) in [6, 6.07) is 0. The van der Waals surface area contributed by atoms with Gasteiger partial charge in [0, 0.05) is 13.1 Å². The van der Waals surface area contributed by atoms with Crippen LogP contribution in [0.2, 0.25) is 5.02 Å². The van der Waals surface area contributed by atoms with Gasteiger partial charge in [0.1, 0.15) is 6.61 Å². The summed E-state index contributed by atoms with van der Waals surface area (Å²) in [4.78, 5) is 0. The van der Waals surface area contributed by atoms with Gasteiger partial charge in [-0.3, -0.25) is 4.68 Å². The molecule has 0 radical (unpaired) electrons.